The molecule has 5 rings (SSSR count). The number of nitrogens with zero attached hydrogens (tertiary/aromatic N) is 3. The van der Waals surface area contributed by atoms with Crippen LogP contribution in [0.5, 0.6) is 0 Å². The van der Waals surface area contributed by atoms with Crippen LogP contribution in [0.3, 0.4) is 0 Å². The molecule has 5 heteroatoms. The molecule has 190 valence electrons. The lowest BCUT2D eigenvalue weighted by Crippen LogP contribution is -2.47. The lowest BCUT2D eigenvalue weighted by atomic mass is 9.98. The molecule has 1 atom stereocenters. The Morgan fingerprint density at radius 3 is 2.19 bits per heavy atom. The molecule has 1 N–H and O–H groups in total. The van der Waals surface area contributed by atoms with E-state index in [1.54, 1.807) is 0 Å². The van der Waals surface area contributed by atoms with Crippen molar-refractivity contribution in [2.45, 2.75) is 51.6 Å². The molecular weight excluding hydrogens is 444 g/mol. The highest BCUT2D eigenvalue weighted by atomic mass is 16.1. The average molecular weight is 485 g/mol. The third kappa shape index (κ3) is 5.74. The smallest absolute Gasteiger partial charge is 0.252 e. The molecule has 0 saturated carbocycles. The summed E-state index contributed by atoms with van der Waals surface area (Å²) in [5.41, 5.74) is 6.03. The maximum Gasteiger partial charge on any atom is 0.252 e. The number of amides is 1. The second-order valence-electron chi connectivity index (χ2n) is 10.3. The Morgan fingerprint density at radius 1 is 0.861 bits per heavy atom. The van der Waals surface area contributed by atoms with Crippen LogP contribution < -0.4 is 5.32 Å². The predicted molar refractivity (Wildman–Crippen MR) is 147 cm³/mol. The summed E-state index contributed by atoms with van der Waals surface area (Å²) in [7, 11) is 0. The Bertz CT molecular complexity index is 1120. The molecule has 1 fully saturated rings. The van der Waals surface area contributed by atoms with Gasteiger partial charge in [0.25, 0.3) is 5.91 Å². The molecule has 1 unspecified atom stereocenters. The van der Waals surface area contributed by atoms with Gasteiger partial charge in [0.1, 0.15) is 6.17 Å². The highest BCUT2D eigenvalue weighted by Gasteiger charge is 2.27. The molecule has 1 aliphatic heterocycles. The highest BCUT2D eigenvalue weighted by Crippen LogP contribution is 2.34. The zero-order valence-electron chi connectivity index (χ0n) is 21.7. The van der Waals surface area contributed by atoms with Gasteiger partial charge in [0.2, 0.25) is 0 Å². The standard InChI is InChI=1S/C31H40N4O/c1-2-18-33-20-22-34(23-21-33)19-17-30(32-31(36)26-13-7-4-8-14-26)35-28-16-10-9-15-27(28)24-29(35)25-11-5-3-6-12-25/h3-8,11-14,24,30H,2,9-10,15-23H2,1H3,(H,32,36). The Labute approximate surface area is 216 Å². The molecule has 1 aromatic heterocycles. The molecule has 0 radical (unpaired) electrons. The number of carbonyl (C=O) groups is 1. The Balaban J connectivity index is 1.43. The number of rotatable bonds is 9. The fraction of sp³-hybridized carbons (Fsp3) is 0.452. The Kier molecular flexibility index (Phi) is 8.19. The van der Waals surface area contributed by atoms with Crippen molar-refractivity contribution in [1.29, 1.82) is 0 Å². The lowest BCUT2D eigenvalue weighted by molar-refractivity contribution is 0.0898. The van der Waals surface area contributed by atoms with Gasteiger partial charge in [-0.1, -0.05) is 55.5 Å². The highest BCUT2D eigenvalue weighted by molar-refractivity contribution is 5.94. The number of fused-ring (bicyclic) bond motifs is 1. The van der Waals surface area contributed by atoms with Crippen LogP contribution in [0.2, 0.25) is 0 Å². The van der Waals surface area contributed by atoms with Gasteiger partial charge in [-0.25, -0.2) is 0 Å². The minimum absolute atomic E-state index is 0.00522. The van der Waals surface area contributed by atoms with Crippen molar-refractivity contribution >= 4 is 5.91 Å². The summed E-state index contributed by atoms with van der Waals surface area (Å²) >= 11 is 0. The summed E-state index contributed by atoms with van der Waals surface area (Å²) in [6.45, 7) is 8.93. The van der Waals surface area contributed by atoms with Gasteiger partial charge in [0.05, 0.1) is 5.69 Å². The van der Waals surface area contributed by atoms with Crippen LogP contribution >= 0.6 is 0 Å². The van der Waals surface area contributed by atoms with E-state index in [9.17, 15) is 4.79 Å². The summed E-state index contributed by atoms with van der Waals surface area (Å²) in [4.78, 5) is 18.5. The number of hydrogen-bond acceptors (Lipinski definition) is 3. The fourth-order valence-electron chi connectivity index (χ4n) is 5.86. The molecule has 0 bridgehead atoms. The first-order chi connectivity index (χ1) is 17.7. The second kappa shape index (κ2) is 11.9. The molecule has 1 aliphatic carbocycles. The minimum atomic E-state index is -0.0802. The number of aromatic nitrogens is 1. The maximum atomic E-state index is 13.4. The van der Waals surface area contributed by atoms with E-state index in [-0.39, 0.29) is 12.1 Å². The first-order valence-corrected chi connectivity index (χ1v) is 13.8. The number of piperazine rings is 1. The number of benzene rings is 2. The summed E-state index contributed by atoms with van der Waals surface area (Å²) in [5, 5.41) is 3.45. The Morgan fingerprint density at radius 2 is 1.50 bits per heavy atom. The van der Waals surface area contributed by atoms with Gasteiger partial charge in [-0.15, -0.1) is 0 Å². The van der Waals surface area contributed by atoms with E-state index < -0.39 is 0 Å². The van der Waals surface area contributed by atoms with Crippen LogP contribution in [-0.4, -0.2) is 59.5 Å². The van der Waals surface area contributed by atoms with Crippen LogP contribution in [0.4, 0.5) is 0 Å². The molecule has 1 saturated heterocycles. The quantitative estimate of drug-likeness (QED) is 0.443. The van der Waals surface area contributed by atoms with Crippen LogP contribution in [0.25, 0.3) is 11.3 Å². The molecule has 3 aromatic rings. The summed E-state index contributed by atoms with van der Waals surface area (Å²) in [6, 6.07) is 22.7. The van der Waals surface area contributed by atoms with Gasteiger partial charge < -0.3 is 19.7 Å². The van der Waals surface area contributed by atoms with Crippen LogP contribution in [-0.2, 0) is 12.8 Å². The zero-order valence-corrected chi connectivity index (χ0v) is 21.7. The van der Waals surface area contributed by atoms with Gasteiger partial charge >= 0.3 is 0 Å². The summed E-state index contributed by atoms with van der Waals surface area (Å²) in [6.07, 6.45) is 6.69. The molecule has 1 amide bonds. The number of nitrogens with one attached hydrogen (secondary N) is 1. The van der Waals surface area contributed by atoms with E-state index in [1.165, 1.54) is 48.3 Å². The van der Waals surface area contributed by atoms with Crippen molar-refractivity contribution in [3.05, 3.63) is 83.6 Å². The van der Waals surface area contributed by atoms with Gasteiger partial charge in [-0.05, 0) is 74.4 Å². The fourth-order valence-corrected chi connectivity index (χ4v) is 5.86. The van der Waals surface area contributed by atoms with E-state index >= 15 is 0 Å². The van der Waals surface area contributed by atoms with Crippen LogP contribution in [0.15, 0.2) is 66.7 Å². The largest absolute Gasteiger partial charge is 0.331 e. The number of carbonyl (C=O) groups excluding carboxylic acids is 1. The van der Waals surface area contributed by atoms with Crippen molar-refractivity contribution in [3.8, 4) is 11.3 Å². The van der Waals surface area contributed by atoms with E-state index in [2.05, 4.69) is 63.0 Å². The molecule has 2 aromatic carbocycles. The molecule has 36 heavy (non-hydrogen) atoms. The molecule has 2 heterocycles. The SMILES string of the molecule is CCCN1CCN(CCC(NC(=O)c2ccccc2)n2c(-c3ccccc3)cc3c2CCCC3)CC1. The molecule has 5 nitrogen and oxygen atoms in total. The predicted octanol–water partition coefficient (Wildman–Crippen LogP) is 5.38. The second-order valence-corrected chi connectivity index (χ2v) is 10.3. The van der Waals surface area contributed by atoms with E-state index in [0.29, 0.717) is 0 Å². The van der Waals surface area contributed by atoms with Crippen molar-refractivity contribution in [2.75, 3.05) is 39.3 Å². The third-order valence-corrected chi connectivity index (χ3v) is 7.78. The number of aryl methyl sites for hydroxylation is 1. The van der Waals surface area contributed by atoms with Gasteiger partial charge in [-0.2, -0.15) is 0 Å². The van der Waals surface area contributed by atoms with Gasteiger partial charge in [0.15, 0.2) is 0 Å². The average Bonchev–Trinajstić information content (AvgIpc) is 3.32. The van der Waals surface area contributed by atoms with Gasteiger partial charge in [-0.3, -0.25) is 4.79 Å². The Hall–Kier alpha value is -2.89. The lowest BCUT2D eigenvalue weighted by Gasteiger charge is -2.36. The summed E-state index contributed by atoms with van der Waals surface area (Å²) < 4.78 is 2.47. The molecule has 0 spiro atoms. The van der Waals surface area contributed by atoms with Gasteiger partial charge in [0, 0.05) is 44.0 Å². The van der Waals surface area contributed by atoms with Crippen molar-refractivity contribution in [3.63, 3.8) is 0 Å². The first-order valence-electron chi connectivity index (χ1n) is 13.8. The van der Waals surface area contributed by atoms with Crippen molar-refractivity contribution < 1.29 is 4.79 Å². The van der Waals surface area contributed by atoms with Crippen LogP contribution in [0, 0.1) is 0 Å². The normalized spacial score (nSPS) is 17.5. The maximum absolute atomic E-state index is 13.4. The zero-order chi connectivity index (χ0) is 24.7. The van der Waals surface area contributed by atoms with Crippen molar-refractivity contribution in [2.24, 2.45) is 0 Å². The van der Waals surface area contributed by atoms with E-state index in [1.807, 2.05) is 30.3 Å². The van der Waals surface area contributed by atoms with Crippen LogP contribution in [0.1, 0.15) is 60.4 Å². The first kappa shape index (κ1) is 24.8. The third-order valence-electron chi connectivity index (χ3n) is 7.78. The monoisotopic (exact) mass is 484 g/mol. The number of hydrogen-bond donors (Lipinski definition) is 1. The summed E-state index contributed by atoms with van der Waals surface area (Å²) in [5.74, 6) is 0.00522. The topological polar surface area (TPSA) is 40.5 Å². The van der Waals surface area contributed by atoms with Crippen molar-refractivity contribution in [1.82, 2.24) is 19.7 Å². The van der Waals surface area contributed by atoms with E-state index in [4.69, 9.17) is 0 Å². The molecule has 2 aliphatic rings. The molecular formula is C31H40N4O. The van der Waals surface area contributed by atoms with E-state index in [0.717, 1.165) is 57.5 Å². The minimum Gasteiger partial charge on any atom is -0.331 e.